The van der Waals surface area contributed by atoms with Crippen molar-refractivity contribution in [3.05, 3.63) is 0 Å². The summed E-state index contributed by atoms with van der Waals surface area (Å²) in [6.07, 6.45) is 5.06. The minimum Gasteiger partial charge on any atom is -0.374 e. The Balaban J connectivity index is 3.03. The van der Waals surface area contributed by atoms with Gasteiger partial charge in [-0.2, -0.15) is 0 Å². The Hall–Kier alpha value is -0.570. The van der Waals surface area contributed by atoms with Crippen LogP contribution < -0.4 is 5.32 Å². The predicted octanol–water partition coefficient (Wildman–Crippen LogP) is 1.02. The van der Waals surface area contributed by atoms with Crippen LogP contribution in [0.15, 0.2) is 0 Å². The van der Waals surface area contributed by atoms with E-state index in [1.54, 1.807) is 0 Å². The molecule has 3 heteroatoms. The molecule has 0 aliphatic carbocycles. The molecule has 3 nitrogen and oxygen atoms in total. The first-order chi connectivity index (χ1) is 5.31. The van der Waals surface area contributed by atoms with Crippen molar-refractivity contribution in [1.82, 2.24) is 5.32 Å². The van der Waals surface area contributed by atoms with Crippen LogP contribution in [0.4, 0.5) is 0 Å². The third kappa shape index (κ3) is 7.33. The summed E-state index contributed by atoms with van der Waals surface area (Å²) in [5, 5.41) is 11.3. The molecular weight excluding hydrogens is 142 g/mol. The molecular formula is C8H17NO2. The summed E-state index contributed by atoms with van der Waals surface area (Å²) in [5.41, 5.74) is 0. The first-order valence-electron chi connectivity index (χ1n) is 4.19. The fourth-order valence-electron chi connectivity index (χ4n) is 0.926. The number of amides is 1. The number of hydrogen-bond acceptors (Lipinski definition) is 2. The zero-order chi connectivity index (χ0) is 8.53. The molecule has 0 spiro atoms. The molecule has 0 aliphatic rings. The molecule has 0 rings (SSSR count). The molecule has 0 fully saturated rings. The van der Waals surface area contributed by atoms with Crippen LogP contribution in [-0.2, 0) is 4.79 Å². The quantitative estimate of drug-likeness (QED) is 0.331. The molecule has 66 valence electrons. The molecule has 0 aromatic rings. The predicted molar refractivity (Wildman–Crippen MR) is 44.0 cm³/mol. The molecule has 0 radical (unpaired) electrons. The normalized spacial score (nSPS) is 12.5. The Kier molecular flexibility index (Phi) is 7.15. The van der Waals surface area contributed by atoms with Crippen molar-refractivity contribution in [3.63, 3.8) is 0 Å². The van der Waals surface area contributed by atoms with E-state index in [0.29, 0.717) is 12.8 Å². The lowest BCUT2D eigenvalue weighted by atomic mass is 10.1. The zero-order valence-electron chi connectivity index (χ0n) is 7.05. The minimum atomic E-state index is -0.649. The maximum Gasteiger partial charge on any atom is 0.209 e. The summed E-state index contributed by atoms with van der Waals surface area (Å²) in [6, 6.07) is 0. The maximum atomic E-state index is 9.83. The van der Waals surface area contributed by atoms with E-state index in [1.165, 1.54) is 12.8 Å². The van der Waals surface area contributed by atoms with Crippen LogP contribution in [0.2, 0.25) is 0 Å². The lowest BCUT2D eigenvalue weighted by molar-refractivity contribution is -0.112. The summed E-state index contributed by atoms with van der Waals surface area (Å²) in [5.74, 6) is 0. The third-order valence-electron chi connectivity index (χ3n) is 1.59. The van der Waals surface area contributed by atoms with Gasteiger partial charge in [0.1, 0.15) is 6.23 Å². The van der Waals surface area contributed by atoms with Gasteiger partial charge in [-0.15, -0.1) is 0 Å². The van der Waals surface area contributed by atoms with E-state index in [2.05, 4.69) is 12.2 Å². The lowest BCUT2D eigenvalue weighted by Gasteiger charge is -2.07. The van der Waals surface area contributed by atoms with Crippen LogP contribution in [0.25, 0.3) is 0 Å². The molecule has 1 unspecified atom stereocenters. The van der Waals surface area contributed by atoms with Crippen molar-refractivity contribution in [2.75, 3.05) is 0 Å². The van der Waals surface area contributed by atoms with Crippen LogP contribution >= 0.6 is 0 Å². The second kappa shape index (κ2) is 7.54. The van der Waals surface area contributed by atoms with Gasteiger partial charge < -0.3 is 10.4 Å². The average Bonchev–Trinajstić information content (AvgIpc) is 1.99. The molecule has 0 aromatic heterocycles. The van der Waals surface area contributed by atoms with E-state index in [-0.39, 0.29) is 0 Å². The van der Waals surface area contributed by atoms with E-state index in [1.807, 2.05) is 0 Å². The minimum absolute atomic E-state index is 0.532. The summed E-state index contributed by atoms with van der Waals surface area (Å²) in [4.78, 5) is 9.83. The van der Waals surface area contributed by atoms with Crippen LogP contribution in [0.1, 0.15) is 39.0 Å². The summed E-state index contributed by atoms with van der Waals surface area (Å²) < 4.78 is 0. The van der Waals surface area contributed by atoms with Crippen LogP contribution in [0.5, 0.6) is 0 Å². The standard InChI is InChI=1S/C8H17NO2/c1-2-3-4-5-6-8(11)9-7-10/h7-8,11H,2-6H2,1H3,(H,9,10). The highest BCUT2D eigenvalue weighted by Crippen LogP contribution is 2.03. The van der Waals surface area contributed by atoms with Gasteiger partial charge in [-0.05, 0) is 12.8 Å². The maximum absolute atomic E-state index is 9.83. The van der Waals surface area contributed by atoms with Gasteiger partial charge in [-0.25, -0.2) is 0 Å². The Morgan fingerprint density at radius 3 is 2.73 bits per heavy atom. The highest BCUT2D eigenvalue weighted by Gasteiger charge is 1.99. The molecule has 0 saturated carbocycles. The van der Waals surface area contributed by atoms with Crippen LogP contribution in [-0.4, -0.2) is 17.7 Å². The van der Waals surface area contributed by atoms with Gasteiger partial charge in [0.2, 0.25) is 6.41 Å². The topological polar surface area (TPSA) is 49.3 Å². The van der Waals surface area contributed by atoms with E-state index >= 15 is 0 Å². The molecule has 1 atom stereocenters. The Bertz CT molecular complexity index is 96.1. The molecule has 0 aromatic carbocycles. The van der Waals surface area contributed by atoms with Gasteiger partial charge in [-0.3, -0.25) is 4.79 Å². The highest BCUT2D eigenvalue weighted by atomic mass is 16.3. The first-order valence-corrected chi connectivity index (χ1v) is 4.19. The fraction of sp³-hybridized carbons (Fsp3) is 0.875. The van der Waals surface area contributed by atoms with Crippen molar-refractivity contribution in [2.24, 2.45) is 0 Å². The van der Waals surface area contributed by atoms with Crippen molar-refractivity contribution >= 4 is 6.41 Å². The van der Waals surface area contributed by atoms with Crippen molar-refractivity contribution < 1.29 is 9.90 Å². The lowest BCUT2D eigenvalue weighted by Crippen LogP contribution is -2.26. The van der Waals surface area contributed by atoms with Gasteiger partial charge >= 0.3 is 0 Å². The molecule has 11 heavy (non-hydrogen) atoms. The van der Waals surface area contributed by atoms with Gasteiger partial charge in [0.15, 0.2) is 0 Å². The third-order valence-corrected chi connectivity index (χ3v) is 1.59. The number of rotatable bonds is 7. The van der Waals surface area contributed by atoms with E-state index < -0.39 is 6.23 Å². The van der Waals surface area contributed by atoms with E-state index in [9.17, 15) is 4.79 Å². The molecule has 0 heterocycles. The second-order valence-electron chi connectivity index (χ2n) is 2.65. The van der Waals surface area contributed by atoms with Crippen LogP contribution in [0, 0.1) is 0 Å². The summed E-state index contributed by atoms with van der Waals surface area (Å²) >= 11 is 0. The summed E-state index contributed by atoms with van der Waals surface area (Å²) in [7, 11) is 0. The zero-order valence-corrected chi connectivity index (χ0v) is 7.05. The number of aliphatic hydroxyl groups is 1. The second-order valence-corrected chi connectivity index (χ2v) is 2.65. The molecule has 0 saturated heterocycles. The first kappa shape index (κ1) is 10.4. The number of aliphatic hydroxyl groups excluding tert-OH is 1. The molecule has 0 aliphatic heterocycles. The van der Waals surface area contributed by atoms with Crippen molar-refractivity contribution in [2.45, 2.75) is 45.3 Å². The van der Waals surface area contributed by atoms with Crippen molar-refractivity contribution in [3.8, 4) is 0 Å². The van der Waals surface area contributed by atoms with Gasteiger partial charge in [0.25, 0.3) is 0 Å². The molecule has 2 N–H and O–H groups in total. The van der Waals surface area contributed by atoms with Gasteiger partial charge in [0.05, 0.1) is 0 Å². The number of carbonyl (C=O) groups is 1. The fourth-order valence-corrected chi connectivity index (χ4v) is 0.926. The number of carbonyl (C=O) groups excluding carboxylic acids is 1. The number of nitrogens with one attached hydrogen (secondary N) is 1. The summed E-state index contributed by atoms with van der Waals surface area (Å²) in [6.45, 7) is 2.14. The SMILES string of the molecule is CCCCCCC(O)NC=O. The smallest absolute Gasteiger partial charge is 0.209 e. The highest BCUT2D eigenvalue weighted by molar-refractivity contribution is 5.46. The molecule has 0 bridgehead atoms. The average molecular weight is 159 g/mol. The van der Waals surface area contributed by atoms with Gasteiger partial charge in [0, 0.05) is 0 Å². The Morgan fingerprint density at radius 1 is 1.45 bits per heavy atom. The number of hydrogen-bond donors (Lipinski definition) is 2. The molecule has 1 amide bonds. The van der Waals surface area contributed by atoms with E-state index in [4.69, 9.17) is 5.11 Å². The van der Waals surface area contributed by atoms with Crippen molar-refractivity contribution in [1.29, 1.82) is 0 Å². The largest absolute Gasteiger partial charge is 0.374 e. The Labute approximate surface area is 67.8 Å². The van der Waals surface area contributed by atoms with Gasteiger partial charge in [-0.1, -0.05) is 26.2 Å². The number of unbranched alkanes of at least 4 members (excludes halogenated alkanes) is 3. The Morgan fingerprint density at radius 2 is 2.18 bits per heavy atom. The van der Waals surface area contributed by atoms with E-state index in [0.717, 1.165) is 12.8 Å². The van der Waals surface area contributed by atoms with Crippen LogP contribution in [0.3, 0.4) is 0 Å². The monoisotopic (exact) mass is 159 g/mol.